The highest BCUT2D eigenvalue weighted by Crippen LogP contribution is 2.37. The van der Waals surface area contributed by atoms with Gasteiger partial charge < -0.3 is 24.2 Å². The topological polar surface area (TPSA) is 71.0 Å². The molecule has 2 aliphatic heterocycles. The monoisotopic (exact) mass is 603 g/mol. The molecule has 0 bridgehead atoms. The molecule has 1 aromatic carbocycles. The Morgan fingerprint density at radius 3 is 2.07 bits per heavy atom. The molecular weight excluding hydrogens is 568 g/mol. The number of halogens is 6. The maximum Gasteiger partial charge on any atom is 0.416 e. The van der Waals surface area contributed by atoms with Crippen molar-refractivity contribution in [1.29, 1.82) is 0 Å². The van der Waals surface area contributed by atoms with Gasteiger partial charge in [-0.1, -0.05) is 6.92 Å². The van der Waals surface area contributed by atoms with Gasteiger partial charge in [-0.15, -0.1) is 0 Å². The third kappa shape index (κ3) is 7.75. The number of aromatic nitrogens is 2. The molecule has 14 heteroatoms. The molecule has 0 radical (unpaired) electrons. The number of alkyl halides is 6. The second kappa shape index (κ2) is 12.1. The Bertz CT molecular complexity index is 1190. The highest BCUT2D eigenvalue weighted by atomic mass is 19.4. The maximum absolute atomic E-state index is 13.6. The van der Waals surface area contributed by atoms with Gasteiger partial charge >= 0.3 is 18.4 Å². The van der Waals surface area contributed by atoms with E-state index in [4.69, 9.17) is 9.47 Å². The predicted octanol–water partition coefficient (Wildman–Crippen LogP) is 6.15. The van der Waals surface area contributed by atoms with Gasteiger partial charge in [-0.2, -0.15) is 26.3 Å². The van der Waals surface area contributed by atoms with Gasteiger partial charge in [0.2, 0.25) is 5.95 Å². The Balaban J connectivity index is 1.71. The highest BCUT2D eigenvalue weighted by molar-refractivity contribution is 5.69. The first-order valence-electron chi connectivity index (χ1n) is 13.7. The summed E-state index contributed by atoms with van der Waals surface area (Å²) < 4.78 is 92.6. The van der Waals surface area contributed by atoms with E-state index in [1.54, 1.807) is 43.0 Å². The minimum Gasteiger partial charge on any atom is -0.444 e. The summed E-state index contributed by atoms with van der Waals surface area (Å²) >= 11 is 0. The summed E-state index contributed by atoms with van der Waals surface area (Å²) in [4.78, 5) is 27.1. The van der Waals surface area contributed by atoms with Gasteiger partial charge in [0, 0.05) is 32.2 Å². The van der Waals surface area contributed by atoms with Gasteiger partial charge in [0.05, 0.1) is 48.5 Å². The number of amides is 1. The lowest BCUT2D eigenvalue weighted by Gasteiger charge is -2.31. The minimum absolute atomic E-state index is 0.106. The fourth-order valence-corrected chi connectivity index (χ4v) is 5.17. The molecular formula is C28H35F6N5O3. The summed E-state index contributed by atoms with van der Waals surface area (Å²) in [6, 6.07) is 0.770. The number of morpholine rings is 1. The lowest BCUT2D eigenvalue weighted by Crippen LogP contribution is -2.42. The average Bonchev–Trinajstić information content (AvgIpc) is 3.35. The maximum atomic E-state index is 13.6. The molecule has 0 unspecified atom stereocenters. The molecule has 0 spiro atoms. The number of hydrogen-bond acceptors (Lipinski definition) is 7. The zero-order valence-electron chi connectivity index (χ0n) is 23.9. The SMILES string of the molecule is CC[C@@H]1C[C@H](N(Cc2cc(C(F)(F)F)cc(C(F)(F)F)c2)c2ncc(N3CCOCC3)cn2)CN1C(=O)OC(C)(C)C. The zero-order valence-corrected chi connectivity index (χ0v) is 23.9. The molecule has 4 rings (SSSR count). The van der Waals surface area contributed by atoms with Crippen LogP contribution in [0.25, 0.3) is 0 Å². The Kier molecular flexibility index (Phi) is 9.14. The smallest absolute Gasteiger partial charge is 0.416 e. The van der Waals surface area contributed by atoms with Crippen LogP contribution in [0.4, 0.5) is 42.8 Å². The van der Waals surface area contributed by atoms with Crippen molar-refractivity contribution in [3.63, 3.8) is 0 Å². The molecule has 42 heavy (non-hydrogen) atoms. The van der Waals surface area contributed by atoms with Gasteiger partial charge in [-0.25, -0.2) is 14.8 Å². The Morgan fingerprint density at radius 2 is 1.57 bits per heavy atom. The number of carbonyl (C=O) groups excluding carboxylic acids is 1. The van der Waals surface area contributed by atoms with Crippen LogP contribution in [0.5, 0.6) is 0 Å². The minimum atomic E-state index is -4.98. The van der Waals surface area contributed by atoms with Gasteiger partial charge in [0.25, 0.3) is 0 Å². The highest BCUT2D eigenvalue weighted by Gasteiger charge is 2.41. The van der Waals surface area contributed by atoms with E-state index in [1.165, 1.54) is 0 Å². The van der Waals surface area contributed by atoms with Crippen LogP contribution in [0.3, 0.4) is 0 Å². The van der Waals surface area contributed by atoms with Gasteiger partial charge in [0.1, 0.15) is 5.60 Å². The van der Waals surface area contributed by atoms with Crippen LogP contribution in [0.15, 0.2) is 30.6 Å². The number of ether oxygens (including phenoxy) is 2. The van der Waals surface area contributed by atoms with E-state index in [1.807, 2.05) is 11.8 Å². The van der Waals surface area contributed by atoms with Crippen molar-refractivity contribution in [3.05, 3.63) is 47.3 Å². The molecule has 2 fully saturated rings. The fraction of sp³-hybridized carbons (Fsp3) is 0.607. The lowest BCUT2D eigenvalue weighted by atomic mass is 10.0. The first-order chi connectivity index (χ1) is 19.5. The van der Waals surface area contributed by atoms with Gasteiger partial charge in [0.15, 0.2) is 0 Å². The molecule has 0 saturated carbocycles. The fourth-order valence-electron chi connectivity index (χ4n) is 5.17. The van der Waals surface area contributed by atoms with Crippen LogP contribution < -0.4 is 9.80 Å². The second-order valence-corrected chi connectivity index (χ2v) is 11.5. The van der Waals surface area contributed by atoms with Gasteiger partial charge in [-0.05, 0) is 57.4 Å². The number of carbonyl (C=O) groups is 1. The van der Waals surface area contributed by atoms with Crippen molar-refractivity contribution in [2.75, 3.05) is 42.6 Å². The second-order valence-electron chi connectivity index (χ2n) is 11.5. The summed E-state index contributed by atoms with van der Waals surface area (Å²) in [5.74, 6) is 0.129. The van der Waals surface area contributed by atoms with E-state index >= 15 is 0 Å². The van der Waals surface area contributed by atoms with Crippen LogP contribution >= 0.6 is 0 Å². The van der Waals surface area contributed by atoms with Crippen molar-refractivity contribution in [2.45, 2.75) is 77.1 Å². The summed E-state index contributed by atoms with van der Waals surface area (Å²) in [5, 5.41) is 0. The Labute approximate surface area is 240 Å². The van der Waals surface area contributed by atoms with Crippen LogP contribution in [-0.2, 0) is 28.4 Å². The lowest BCUT2D eigenvalue weighted by molar-refractivity contribution is -0.143. The van der Waals surface area contributed by atoms with E-state index in [0.717, 1.165) is 0 Å². The normalized spacial score (nSPS) is 20.1. The molecule has 2 aromatic rings. The molecule has 2 atom stereocenters. The third-order valence-electron chi connectivity index (χ3n) is 7.19. The number of nitrogens with zero attached hydrogens (tertiary/aromatic N) is 5. The summed E-state index contributed by atoms with van der Waals surface area (Å²) in [7, 11) is 0. The molecule has 8 nitrogen and oxygen atoms in total. The van der Waals surface area contributed by atoms with E-state index in [-0.39, 0.29) is 36.7 Å². The molecule has 1 amide bonds. The summed E-state index contributed by atoms with van der Waals surface area (Å²) in [5.41, 5.74) is -3.04. The first-order valence-corrected chi connectivity index (χ1v) is 13.7. The standard InChI is InChI=1S/C28H35F6N5O3/c1-5-21-13-22(17-39(21)25(40)42-26(2,3)4)38(24-35-14-23(15-36-24)37-6-8-41-9-7-37)16-18-10-19(27(29,30)31)12-20(11-18)28(32,33)34/h10-12,14-15,21-22H,5-9,13,16-17H2,1-4H3/t21-,22+/m1/s1. The largest absolute Gasteiger partial charge is 0.444 e. The number of likely N-dealkylation sites (tertiary alicyclic amines) is 1. The molecule has 0 aliphatic carbocycles. The molecule has 232 valence electrons. The van der Waals surface area contributed by atoms with Crippen molar-refractivity contribution in [1.82, 2.24) is 14.9 Å². The predicted molar refractivity (Wildman–Crippen MR) is 143 cm³/mol. The van der Waals surface area contributed by atoms with Crippen molar-refractivity contribution >= 4 is 17.7 Å². The Morgan fingerprint density at radius 1 is 1.00 bits per heavy atom. The number of hydrogen-bond donors (Lipinski definition) is 0. The number of benzene rings is 1. The van der Waals surface area contributed by atoms with E-state index in [2.05, 4.69) is 9.97 Å². The quantitative estimate of drug-likeness (QED) is 0.367. The van der Waals surface area contributed by atoms with E-state index in [9.17, 15) is 31.1 Å². The van der Waals surface area contributed by atoms with E-state index < -0.39 is 41.2 Å². The van der Waals surface area contributed by atoms with Crippen molar-refractivity contribution < 1.29 is 40.6 Å². The number of rotatable bonds is 6. The van der Waals surface area contributed by atoms with Crippen LogP contribution in [-0.4, -0.2) is 71.5 Å². The van der Waals surface area contributed by atoms with Crippen LogP contribution in [0.1, 0.15) is 57.2 Å². The van der Waals surface area contributed by atoms with Crippen molar-refractivity contribution in [2.24, 2.45) is 0 Å². The van der Waals surface area contributed by atoms with Crippen LogP contribution in [0.2, 0.25) is 0 Å². The molecule has 2 saturated heterocycles. The first kappa shape index (κ1) is 31.6. The third-order valence-corrected chi connectivity index (χ3v) is 7.19. The number of anilines is 2. The molecule has 2 aliphatic rings. The van der Waals surface area contributed by atoms with Crippen LogP contribution in [0, 0.1) is 0 Å². The zero-order chi connectivity index (χ0) is 30.9. The molecule has 0 N–H and O–H groups in total. The Hall–Kier alpha value is -3.29. The summed E-state index contributed by atoms with van der Waals surface area (Å²) in [6.07, 6.45) is -6.38. The van der Waals surface area contributed by atoms with Crippen molar-refractivity contribution in [3.8, 4) is 0 Å². The summed E-state index contributed by atoms with van der Waals surface area (Å²) in [6.45, 7) is 9.22. The molecule has 1 aromatic heterocycles. The molecule has 3 heterocycles. The van der Waals surface area contributed by atoms with Gasteiger partial charge in [-0.3, -0.25) is 0 Å². The van der Waals surface area contributed by atoms with E-state index in [0.29, 0.717) is 57.0 Å². The average molecular weight is 604 g/mol.